The minimum absolute atomic E-state index is 0.323. The minimum Gasteiger partial charge on any atom is -0.496 e. The molecule has 0 heterocycles. The first-order valence-electron chi connectivity index (χ1n) is 8.15. The molecule has 0 bridgehead atoms. The molecular formula is C21H24Cl2O3. The Labute approximate surface area is 165 Å². The summed E-state index contributed by atoms with van der Waals surface area (Å²) in [5, 5.41) is 0.957. The van der Waals surface area contributed by atoms with Gasteiger partial charge < -0.3 is 9.47 Å². The molecule has 0 fully saturated rings. The lowest BCUT2D eigenvalue weighted by molar-refractivity contribution is -0.137. The number of carbonyl (C=O) groups excluding carboxylic acids is 1. The fourth-order valence-corrected chi connectivity index (χ4v) is 2.97. The van der Waals surface area contributed by atoms with E-state index in [1.165, 1.54) is 6.08 Å². The average molecular weight is 395 g/mol. The van der Waals surface area contributed by atoms with Crippen molar-refractivity contribution in [3.05, 3.63) is 69.3 Å². The van der Waals surface area contributed by atoms with Crippen LogP contribution < -0.4 is 4.74 Å². The summed E-state index contributed by atoms with van der Waals surface area (Å²) in [5.41, 5.74) is 3.87. The number of allylic oxidation sites excluding steroid dienone is 6. The predicted molar refractivity (Wildman–Crippen MR) is 110 cm³/mol. The number of hydrogen-bond donors (Lipinski definition) is 0. The minimum atomic E-state index is -0.395. The molecule has 0 aromatic heterocycles. The van der Waals surface area contributed by atoms with Gasteiger partial charge in [-0.1, -0.05) is 53.6 Å². The molecule has 140 valence electrons. The molecule has 0 N–H and O–H groups in total. The maximum atomic E-state index is 11.7. The number of esters is 1. The van der Waals surface area contributed by atoms with E-state index in [2.05, 4.69) is 6.58 Å². The van der Waals surface area contributed by atoms with Crippen LogP contribution >= 0.6 is 23.2 Å². The van der Waals surface area contributed by atoms with Gasteiger partial charge in [-0.05, 0) is 44.9 Å². The van der Waals surface area contributed by atoms with Crippen molar-refractivity contribution >= 4 is 34.7 Å². The van der Waals surface area contributed by atoms with E-state index in [4.69, 9.17) is 32.7 Å². The van der Waals surface area contributed by atoms with Gasteiger partial charge in [0.25, 0.3) is 0 Å². The van der Waals surface area contributed by atoms with Gasteiger partial charge in [-0.2, -0.15) is 0 Å². The molecule has 0 atom stereocenters. The lowest BCUT2D eigenvalue weighted by atomic mass is 9.98. The van der Waals surface area contributed by atoms with Crippen molar-refractivity contribution in [1.82, 2.24) is 0 Å². The van der Waals surface area contributed by atoms with Crippen molar-refractivity contribution in [2.75, 3.05) is 13.7 Å². The van der Waals surface area contributed by atoms with Gasteiger partial charge >= 0.3 is 5.97 Å². The summed E-state index contributed by atoms with van der Waals surface area (Å²) in [6.45, 7) is 11.5. The van der Waals surface area contributed by atoms with E-state index in [9.17, 15) is 4.79 Å². The zero-order valence-electron chi connectivity index (χ0n) is 15.8. The van der Waals surface area contributed by atoms with Crippen LogP contribution in [0.25, 0.3) is 5.57 Å². The highest BCUT2D eigenvalue weighted by atomic mass is 35.5. The molecule has 0 amide bonds. The largest absolute Gasteiger partial charge is 0.496 e. The van der Waals surface area contributed by atoms with Crippen LogP contribution in [0.15, 0.2) is 48.1 Å². The van der Waals surface area contributed by atoms with E-state index in [1.807, 2.05) is 32.9 Å². The van der Waals surface area contributed by atoms with E-state index < -0.39 is 5.97 Å². The van der Waals surface area contributed by atoms with Crippen molar-refractivity contribution in [2.45, 2.75) is 27.7 Å². The molecule has 0 saturated heterocycles. The average Bonchev–Trinajstić information content (AvgIpc) is 2.57. The van der Waals surface area contributed by atoms with Crippen LogP contribution in [-0.2, 0) is 9.53 Å². The molecule has 1 aromatic rings. The molecule has 0 unspecified atom stereocenters. The second-order valence-corrected chi connectivity index (χ2v) is 6.49. The Hall–Kier alpha value is -1.97. The summed E-state index contributed by atoms with van der Waals surface area (Å²) in [6, 6.07) is 1.73. The van der Waals surface area contributed by atoms with Gasteiger partial charge in [0.1, 0.15) is 5.75 Å². The number of carbonyl (C=O) groups is 1. The van der Waals surface area contributed by atoms with Crippen LogP contribution in [0.3, 0.4) is 0 Å². The summed E-state index contributed by atoms with van der Waals surface area (Å²) < 4.78 is 10.3. The second kappa shape index (κ2) is 10.2. The van der Waals surface area contributed by atoms with Crippen LogP contribution in [0.5, 0.6) is 5.75 Å². The molecule has 0 radical (unpaired) electrons. The molecule has 1 rings (SSSR count). The lowest BCUT2D eigenvalue weighted by Crippen LogP contribution is -2.00. The van der Waals surface area contributed by atoms with E-state index in [1.54, 1.807) is 26.2 Å². The maximum Gasteiger partial charge on any atom is 0.330 e. The van der Waals surface area contributed by atoms with Crippen LogP contribution in [0, 0.1) is 6.92 Å². The van der Waals surface area contributed by atoms with E-state index in [0.29, 0.717) is 33.5 Å². The topological polar surface area (TPSA) is 35.5 Å². The first-order valence-corrected chi connectivity index (χ1v) is 8.91. The quantitative estimate of drug-likeness (QED) is 0.307. The standard InChI is InChI=1S/C21H24Cl2O3/c1-7-13(3)9-16(10-14(4)11-19(24)26-8-2)20-17(22)12-18(25-6)15(5)21(20)23/h7,9-12H,1,8H2,2-6H3. The lowest BCUT2D eigenvalue weighted by Gasteiger charge is -2.15. The van der Waals surface area contributed by atoms with Crippen molar-refractivity contribution in [1.29, 1.82) is 0 Å². The molecule has 0 aliphatic carbocycles. The molecule has 0 saturated carbocycles. The second-order valence-electron chi connectivity index (χ2n) is 5.71. The number of halogens is 2. The number of benzene rings is 1. The summed E-state index contributed by atoms with van der Waals surface area (Å²) in [6.07, 6.45) is 6.91. The van der Waals surface area contributed by atoms with Crippen LogP contribution in [-0.4, -0.2) is 19.7 Å². The third kappa shape index (κ3) is 5.79. The number of rotatable bonds is 7. The van der Waals surface area contributed by atoms with Gasteiger partial charge in [0.15, 0.2) is 0 Å². The fourth-order valence-electron chi connectivity index (χ4n) is 2.32. The van der Waals surface area contributed by atoms with Gasteiger partial charge in [0, 0.05) is 17.2 Å². The summed E-state index contributed by atoms with van der Waals surface area (Å²) in [7, 11) is 1.57. The number of ether oxygens (including phenoxy) is 2. The van der Waals surface area contributed by atoms with Gasteiger partial charge in [0.05, 0.1) is 23.8 Å². The van der Waals surface area contributed by atoms with Crippen molar-refractivity contribution < 1.29 is 14.3 Å². The molecule has 3 nitrogen and oxygen atoms in total. The zero-order chi connectivity index (χ0) is 19.9. The van der Waals surface area contributed by atoms with E-state index in [-0.39, 0.29) is 0 Å². The molecule has 0 aliphatic rings. The van der Waals surface area contributed by atoms with Crippen molar-refractivity contribution in [2.24, 2.45) is 0 Å². The molecule has 26 heavy (non-hydrogen) atoms. The first kappa shape index (κ1) is 22.1. The van der Waals surface area contributed by atoms with Crippen LogP contribution in [0.2, 0.25) is 10.0 Å². The maximum absolute atomic E-state index is 11.7. The molecular weight excluding hydrogens is 371 g/mol. The smallest absolute Gasteiger partial charge is 0.330 e. The highest BCUT2D eigenvalue weighted by Gasteiger charge is 2.16. The zero-order valence-corrected chi connectivity index (χ0v) is 17.3. The summed E-state index contributed by atoms with van der Waals surface area (Å²) in [4.78, 5) is 11.7. The highest BCUT2D eigenvalue weighted by molar-refractivity contribution is 6.38. The summed E-state index contributed by atoms with van der Waals surface area (Å²) in [5.74, 6) is 0.222. The molecule has 0 spiro atoms. The van der Waals surface area contributed by atoms with Crippen molar-refractivity contribution in [3.8, 4) is 5.75 Å². The van der Waals surface area contributed by atoms with Gasteiger partial charge in [-0.3, -0.25) is 0 Å². The SMILES string of the molecule is C=CC(C)=CC(=CC(C)=CC(=O)OCC)c1c(Cl)cc(OC)c(C)c1Cl. The molecule has 0 aliphatic heterocycles. The number of hydrogen-bond acceptors (Lipinski definition) is 3. The Morgan fingerprint density at radius 2 is 1.85 bits per heavy atom. The Morgan fingerprint density at radius 3 is 2.38 bits per heavy atom. The van der Waals surface area contributed by atoms with E-state index in [0.717, 1.165) is 16.7 Å². The fraction of sp³-hybridized carbons (Fsp3) is 0.286. The third-order valence-electron chi connectivity index (χ3n) is 3.64. The van der Waals surface area contributed by atoms with Gasteiger partial charge in [0.2, 0.25) is 0 Å². The third-order valence-corrected chi connectivity index (χ3v) is 4.41. The van der Waals surface area contributed by atoms with Crippen LogP contribution in [0.4, 0.5) is 0 Å². The first-order chi connectivity index (χ1) is 12.2. The Balaban J connectivity index is 3.60. The van der Waals surface area contributed by atoms with E-state index >= 15 is 0 Å². The van der Waals surface area contributed by atoms with Gasteiger partial charge in [-0.15, -0.1) is 0 Å². The normalized spacial score (nSPS) is 12.8. The summed E-state index contributed by atoms with van der Waals surface area (Å²) >= 11 is 13.0. The Kier molecular flexibility index (Phi) is 8.70. The highest BCUT2D eigenvalue weighted by Crippen LogP contribution is 2.40. The molecule has 5 heteroatoms. The number of methoxy groups -OCH3 is 1. The van der Waals surface area contributed by atoms with Crippen molar-refractivity contribution in [3.63, 3.8) is 0 Å². The Morgan fingerprint density at radius 1 is 1.19 bits per heavy atom. The predicted octanol–water partition coefficient (Wildman–Crippen LogP) is 6.34. The van der Waals surface area contributed by atoms with Gasteiger partial charge in [-0.25, -0.2) is 4.79 Å². The van der Waals surface area contributed by atoms with Crippen LogP contribution in [0.1, 0.15) is 31.9 Å². The Bertz CT molecular complexity index is 787. The monoisotopic (exact) mass is 394 g/mol. The molecule has 1 aromatic carbocycles.